The largest absolute Gasteiger partial charge is 0.508 e. The average molecular weight is 579 g/mol. The van der Waals surface area contributed by atoms with Crippen molar-refractivity contribution in [2.75, 3.05) is 0 Å². The van der Waals surface area contributed by atoms with Crippen LogP contribution in [0.15, 0.2) is 157 Å². The molecule has 0 aliphatic carbocycles. The van der Waals surface area contributed by atoms with E-state index in [1.807, 2.05) is 146 Å². The number of aliphatic hydroxyl groups excluding tert-OH is 2. The topological polar surface area (TPSA) is 40.5 Å². The normalized spacial score (nSPS) is 11.6. The molecule has 2 nitrogen and oxygen atoms in total. The number of allylic oxidation sites excluding steroid dienone is 4. The van der Waals surface area contributed by atoms with Crippen LogP contribution < -0.4 is 0 Å². The summed E-state index contributed by atoms with van der Waals surface area (Å²) in [6, 6.07) is 40.0. The summed E-state index contributed by atoms with van der Waals surface area (Å²) < 4.78 is 0. The molecule has 4 aromatic rings. The number of aliphatic hydroxyl groups is 2. The Bertz CT molecular complexity index is 1160. The zero-order valence-electron chi connectivity index (χ0n) is 20.6. The molecule has 0 saturated carbocycles. The van der Waals surface area contributed by atoms with Gasteiger partial charge in [-0.2, -0.15) is 0 Å². The Kier molecular flexibility index (Phi) is 13.9. The molecule has 0 bridgehead atoms. The Morgan fingerprint density at radius 3 is 1.08 bits per heavy atom. The van der Waals surface area contributed by atoms with Gasteiger partial charge in [-0.25, -0.2) is 0 Å². The van der Waals surface area contributed by atoms with E-state index in [9.17, 15) is 10.2 Å². The third kappa shape index (κ3) is 12.6. The molecular weight excluding hydrogens is 547 g/mol. The summed E-state index contributed by atoms with van der Waals surface area (Å²) in [4.78, 5) is 0. The fourth-order valence-electron chi connectivity index (χ4n) is 3.30. The number of rotatable bonds is 8. The molecule has 37 heavy (non-hydrogen) atoms. The van der Waals surface area contributed by atoms with Crippen LogP contribution in [0.4, 0.5) is 0 Å². The molecule has 0 amide bonds. The maximum absolute atomic E-state index is 9.75. The fraction of sp³-hybridized carbons (Fsp3) is 0.0588. The van der Waals surface area contributed by atoms with Gasteiger partial charge in [0.2, 0.25) is 0 Å². The van der Waals surface area contributed by atoms with Crippen LogP contribution in [0.1, 0.15) is 22.3 Å². The minimum Gasteiger partial charge on any atom is -0.508 e. The van der Waals surface area contributed by atoms with Gasteiger partial charge in [-0.05, 0) is 59.4 Å². The summed E-state index contributed by atoms with van der Waals surface area (Å²) in [5, 5.41) is 19.5. The molecule has 0 saturated heterocycles. The van der Waals surface area contributed by atoms with Crippen LogP contribution in [0.3, 0.4) is 0 Å². The van der Waals surface area contributed by atoms with E-state index in [0.717, 1.165) is 24.0 Å². The molecule has 0 aromatic heterocycles. The SMILES string of the molecule is OC(=C\Cc1ccccc1)/C=C/c1ccccc1.OC(=C\Cc1ccccc1)/C=C/c1ccccc1.[Pd]. The van der Waals surface area contributed by atoms with E-state index in [4.69, 9.17) is 0 Å². The number of hydrogen-bond acceptors (Lipinski definition) is 2. The summed E-state index contributed by atoms with van der Waals surface area (Å²) in [6.45, 7) is 0. The van der Waals surface area contributed by atoms with Gasteiger partial charge >= 0.3 is 0 Å². The van der Waals surface area contributed by atoms with Crippen molar-refractivity contribution in [1.29, 1.82) is 0 Å². The van der Waals surface area contributed by atoms with Gasteiger partial charge in [0.25, 0.3) is 0 Å². The van der Waals surface area contributed by atoms with Crippen LogP contribution in [0.5, 0.6) is 0 Å². The van der Waals surface area contributed by atoms with Gasteiger partial charge in [-0.15, -0.1) is 0 Å². The summed E-state index contributed by atoms with van der Waals surface area (Å²) in [5.74, 6) is 0.588. The molecule has 3 heteroatoms. The molecule has 0 radical (unpaired) electrons. The van der Waals surface area contributed by atoms with Gasteiger partial charge in [0, 0.05) is 20.4 Å². The van der Waals surface area contributed by atoms with E-state index in [-0.39, 0.29) is 20.4 Å². The minimum absolute atomic E-state index is 0. The molecule has 0 aliphatic rings. The van der Waals surface area contributed by atoms with Gasteiger partial charge in [0.15, 0.2) is 0 Å². The molecule has 0 unspecified atom stereocenters. The molecule has 2 N–H and O–H groups in total. The van der Waals surface area contributed by atoms with Crippen molar-refractivity contribution in [2.45, 2.75) is 12.8 Å². The minimum atomic E-state index is 0. The third-order valence-corrected chi connectivity index (χ3v) is 5.27. The summed E-state index contributed by atoms with van der Waals surface area (Å²) in [5.41, 5.74) is 4.55. The molecule has 4 rings (SSSR count). The van der Waals surface area contributed by atoms with Crippen LogP contribution in [0.2, 0.25) is 0 Å². The van der Waals surface area contributed by atoms with Gasteiger partial charge in [-0.1, -0.05) is 133 Å². The van der Waals surface area contributed by atoms with Crippen LogP contribution in [0, 0.1) is 0 Å². The molecule has 0 atom stereocenters. The maximum Gasteiger partial charge on any atom is 0.111 e. The van der Waals surface area contributed by atoms with E-state index in [1.165, 1.54) is 11.1 Å². The first-order valence-corrected chi connectivity index (χ1v) is 12.0. The zero-order chi connectivity index (χ0) is 25.3. The predicted molar refractivity (Wildman–Crippen MR) is 153 cm³/mol. The van der Waals surface area contributed by atoms with Gasteiger partial charge < -0.3 is 10.2 Å². The van der Waals surface area contributed by atoms with Gasteiger partial charge in [0.1, 0.15) is 11.5 Å². The Labute approximate surface area is 234 Å². The molecule has 0 spiro atoms. The number of hydrogen-bond donors (Lipinski definition) is 2. The van der Waals surface area contributed by atoms with E-state index >= 15 is 0 Å². The first-order chi connectivity index (χ1) is 17.7. The second-order valence-electron chi connectivity index (χ2n) is 8.13. The monoisotopic (exact) mass is 578 g/mol. The van der Waals surface area contributed by atoms with Crippen molar-refractivity contribution in [3.8, 4) is 0 Å². The smallest absolute Gasteiger partial charge is 0.111 e. The Hall–Kier alpha value is -3.90. The molecular formula is C34H32O2Pd. The van der Waals surface area contributed by atoms with Gasteiger partial charge in [-0.3, -0.25) is 0 Å². The summed E-state index contributed by atoms with van der Waals surface area (Å²) >= 11 is 0. The number of benzene rings is 4. The quantitative estimate of drug-likeness (QED) is 0.125. The molecule has 4 aromatic carbocycles. The molecule has 0 fully saturated rings. The standard InChI is InChI=1S/2C17H16O.Pd/c2*18-17(13-11-15-7-3-1-4-8-15)14-12-16-9-5-2-6-10-16;/h2*1-11,13-14,18H,12H2;/b2*13-11+,17-14-;. The second-order valence-corrected chi connectivity index (χ2v) is 8.13. The Morgan fingerprint density at radius 1 is 0.459 bits per heavy atom. The summed E-state index contributed by atoms with van der Waals surface area (Å²) in [6.07, 6.45) is 12.4. The van der Waals surface area contributed by atoms with Crippen LogP contribution >= 0.6 is 0 Å². The van der Waals surface area contributed by atoms with Crippen LogP contribution in [0.25, 0.3) is 12.2 Å². The second kappa shape index (κ2) is 17.5. The maximum atomic E-state index is 9.75. The fourth-order valence-corrected chi connectivity index (χ4v) is 3.30. The first-order valence-electron chi connectivity index (χ1n) is 12.0. The van der Waals surface area contributed by atoms with E-state index in [0.29, 0.717) is 11.5 Å². The van der Waals surface area contributed by atoms with Crippen molar-refractivity contribution < 1.29 is 30.6 Å². The Balaban J connectivity index is 0.000000253. The van der Waals surface area contributed by atoms with Crippen molar-refractivity contribution in [2.24, 2.45) is 0 Å². The average Bonchev–Trinajstić information content (AvgIpc) is 2.95. The molecule has 0 heterocycles. The molecule has 0 aliphatic heterocycles. The van der Waals surface area contributed by atoms with Crippen molar-refractivity contribution in [1.82, 2.24) is 0 Å². The van der Waals surface area contributed by atoms with Crippen molar-refractivity contribution in [3.63, 3.8) is 0 Å². The Morgan fingerprint density at radius 2 is 0.757 bits per heavy atom. The van der Waals surface area contributed by atoms with Crippen LogP contribution in [-0.4, -0.2) is 10.2 Å². The third-order valence-electron chi connectivity index (χ3n) is 5.27. The first kappa shape index (κ1) is 29.3. The van der Waals surface area contributed by atoms with Crippen molar-refractivity contribution in [3.05, 3.63) is 179 Å². The van der Waals surface area contributed by atoms with E-state index < -0.39 is 0 Å². The van der Waals surface area contributed by atoms with Crippen LogP contribution in [-0.2, 0) is 33.3 Å². The van der Waals surface area contributed by atoms with E-state index in [2.05, 4.69) is 0 Å². The predicted octanol–water partition coefficient (Wildman–Crippen LogP) is 8.77. The van der Waals surface area contributed by atoms with Gasteiger partial charge in [0.05, 0.1) is 0 Å². The summed E-state index contributed by atoms with van der Waals surface area (Å²) in [7, 11) is 0. The van der Waals surface area contributed by atoms with Crippen molar-refractivity contribution >= 4 is 12.2 Å². The van der Waals surface area contributed by atoms with E-state index in [1.54, 1.807) is 12.2 Å². The zero-order valence-corrected chi connectivity index (χ0v) is 22.2. The molecule has 190 valence electrons.